The first kappa shape index (κ1) is 30.7. The predicted molar refractivity (Wildman–Crippen MR) is 168 cm³/mol. The van der Waals surface area contributed by atoms with Gasteiger partial charge in [0, 0.05) is 49.4 Å². The second-order valence-corrected chi connectivity index (χ2v) is 12.5. The van der Waals surface area contributed by atoms with Gasteiger partial charge in [-0.25, -0.2) is 20.3 Å². The van der Waals surface area contributed by atoms with Crippen molar-refractivity contribution in [1.29, 1.82) is 5.26 Å². The van der Waals surface area contributed by atoms with Crippen LogP contribution in [0.2, 0.25) is 0 Å². The number of halogens is 2. The monoisotopic (exact) mass is 612 g/mol. The molecule has 0 radical (unpaired) electrons. The summed E-state index contributed by atoms with van der Waals surface area (Å²) in [5.41, 5.74) is 4.60. The fourth-order valence-corrected chi connectivity index (χ4v) is 7.51. The smallest absolute Gasteiger partial charge is 0.246 e. The number of ether oxygens (including phenoxy) is 1. The second kappa shape index (κ2) is 13.0. The van der Waals surface area contributed by atoms with E-state index in [2.05, 4.69) is 23.6 Å². The van der Waals surface area contributed by atoms with Crippen molar-refractivity contribution >= 4 is 17.4 Å². The van der Waals surface area contributed by atoms with E-state index >= 15 is 4.39 Å². The molecule has 3 aliphatic heterocycles. The Hall–Kier alpha value is -4.28. The minimum Gasteiger partial charge on any atom is -0.475 e. The Morgan fingerprint density at radius 3 is 2.82 bits per heavy atom. The number of aryl methyl sites for hydroxylation is 1. The lowest BCUT2D eigenvalue weighted by Gasteiger charge is -2.44. The number of aliphatic imine (C=N–C) groups is 1. The number of nitriles is 1. The summed E-state index contributed by atoms with van der Waals surface area (Å²) in [6.45, 7) is 12.6. The van der Waals surface area contributed by atoms with E-state index in [1.165, 1.54) is 17.2 Å². The van der Waals surface area contributed by atoms with Gasteiger partial charge in [0.2, 0.25) is 18.3 Å². The van der Waals surface area contributed by atoms with Crippen molar-refractivity contribution in [2.24, 2.45) is 10.9 Å². The number of benzene rings is 1. The van der Waals surface area contributed by atoms with Gasteiger partial charge in [-0.3, -0.25) is 9.69 Å². The number of amides is 1. The zero-order valence-electron chi connectivity index (χ0n) is 25.6. The minimum atomic E-state index is -0.958. The number of dihydropyridines is 1. The van der Waals surface area contributed by atoms with Gasteiger partial charge >= 0.3 is 0 Å². The maximum atomic E-state index is 16.8. The number of likely N-dealkylation sites (N-methyl/N-ethyl adjacent to an activating group) is 1. The lowest BCUT2D eigenvalue weighted by atomic mass is 9.79. The highest BCUT2D eigenvalue weighted by molar-refractivity contribution is 6.00. The highest BCUT2D eigenvalue weighted by Gasteiger charge is 2.44. The number of allylic oxidation sites excluding steroid dienone is 2. The number of alkyl halides is 1. The van der Waals surface area contributed by atoms with E-state index in [1.54, 1.807) is 4.90 Å². The van der Waals surface area contributed by atoms with Crippen LogP contribution in [0.5, 0.6) is 0 Å². The summed E-state index contributed by atoms with van der Waals surface area (Å²) in [4.78, 5) is 26.4. The molecule has 2 aliphatic carbocycles. The highest BCUT2D eigenvalue weighted by Crippen LogP contribution is 2.43. The second-order valence-electron chi connectivity index (χ2n) is 12.5. The van der Waals surface area contributed by atoms with Gasteiger partial charge in [0.05, 0.1) is 0 Å². The summed E-state index contributed by atoms with van der Waals surface area (Å²) in [7, 11) is 1.83. The zero-order valence-corrected chi connectivity index (χ0v) is 25.6. The summed E-state index contributed by atoms with van der Waals surface area (Å²) in [6, 6.07) is 6.79. The predicted octanol–water partition coefficient (Wildman–Crippen LogP) is 4.67. The minimum absolute atomic E-state index is 0.0516. The lowest BCUT2D eigenvalue weighted by Crippen LogP contribution is -2.57. The third-order valence-corrected chi connectivity index (χ3v) is 9.80. The van der Waals surface area contributed by atoms with Crippen LogP contribution in [0.15, 0.2) is 65.1 Å². The van der Waals surface area contributed by atoms with E-state index in [1.807, 2.05) is 41.1 Å². The van der Waals surface area contributed by atoms with Crippen molar-refractivity contribution < 1.29 is 18.3 Å². The Morgan fingerprint density at radius 2 is 2.09 bits per heavy atom. The van der Waals surface area contributed by atoms with Crippen molar-refractivity contribution in [3.05, 3.63) is 88.2 Å². The van der Waals surface area contributed by atoms with Crippen LogP contribution in [0.3, 0.4) is 0 Å². The van der Waals surface area contributed by atoms with E-state index in [0.717, 1.165) is 31.2 Å². The van der Waals surface area contributed by atoms with Crippen LogP contribution in [0.1, 0.15) is 36.0 Å². The molecule has 1 aromatic carbocycles. The van der Waals surface area contributed by atoms with Gasteiger partial charge in [0.1, 0.15) is 42.3 Å². The number of rotatable bonds is 6. The molecule has 6 rings (SSSR count). The molecule has 0 saturated carbocycles. The van der Waals surface area contributed by atoms with E-state index in [9.17, 15) is 14.4 Å². The van der Waals surface area contributed by atoms with Crippen molar-refractivity contribution in [2.45, 2.75) is 56.4 Å². The van der Waals surface area contributed by atoms with E-state index < -0.39 is 24.2 Å². The number of fused-ring (bicyclic) bond motifs is 2. The fraction of sp³-hybridized carbons (Fsp3) is 0.486. The molecular formula is C35H38F2N6O2. The van der Waals surface area contributed by atoms with Gasteiger partial charge in [-0.1, -0.05) is 36.9 Å². The van der Waals surface area contributed by atoms with Crippen molar-refractivity contribution in [3.63, 3.8) is 0 Å². The molecule has 1 amide bonds. The third kappa shape index (κ3) is 5.80. The quantitative estimate of drug-likeness (QED) is 0.345. The van der Waals surface area contributed by atoms with Gasteiger partial charge in [-0.05, 0) is 61.9 Å². The summed E-state index contributed by atoms with van der Waals surface area (Å²) < 4.78 is 37.1. The Morgan fingerprint density at radius 1 is 1.27 bits per heavy atom. The van der Waals surface area contributed by atoms with Gasteiger partial charge in [-0.15, -0.1) is 0 Å². The van der Waals surface area contributed by atoms with Crippen LogP contribution in [0.25, 0.3) is 10.4 Å². The topological polar surface area (TPSA) is 76.5 Å². The molecule has 8 nitrogen and oxygen atoms in total. The number of likely N-dealkylation sites (tertiary alicyclic amines) is 1. The van der Waals surface area contributed by atoms with E-state index in [4.69, 9.17) is 16.3 Å². The SMILES string of the molecule is [C-]#[N+]C[C@H]1CN(C2=C(C#N)C(OC[C@@H]3C[C@@H](F)CN3C)=NC3C(F)=C(c4cccc5c4CCCC5)C=CC23)CCN1C(=O)C=C. The number of carbonyl (C=O) groups is 1. The Kier molecular flexibility index (Phi) is 8.87. The van der Waals surface area contributed by atoms with Gasteiger partial charge < -0.3 is 19.4 Å². The van der Waals surface area contributed by atoms with Crippen LogP contribution in [0, 0.1) is 23.8 Å². The van der Waals surface area contributed by atoms with Gasteiger partial charge in [0.15, 0.2) is 0 Å². The standard InChI is InChI=1S/C35H38F2N6O2/c1-4-31(44)43-15-14-42(20-25(43)18-39-2)34-29-13-12-28(27-11-7-9-22-8-5-6-10-26(22)27)32(37)33(29)40-35(30(34)17-38)45-21-24-16-23(36)19-41(24)3/h4,7,9,11-13,23-25,29,33H,1,5-6,8,10,14-16,18-21H2,3H3/t23-,24+,25+,29?,33?/m1/s1. The first-order chi connectivity index (χ1) is 21.8. The maximum absolute atomic E-state index is 16.8. The average Bonchev–Trinajstić information content (AvgIpc) is 3.39. The molecule has 3 heterocycles. The molecule has 0 aromatic heterocycles. The van der Waals surface area contributed by atoms with E-state index in [-0.39, 0.29) is 42.4 Å². The fourth-order valence-electron chi connectivity index (χ4n) is 7.51. The Balaban J connectivity index is 1.39. The first-order valence-corrected chi connectivity index (χ1v) is 15.7. The Bertz CT molecular complexity index is 1580. The molecule has 234 valence electrons. The number of carbonyl (C=O) groups excluding carboxylic acids is 1. The number of nitrogens with zero attached hydrogens (tertiary/aromatic N) is 6. The highest BCUT2D eigenvalue weighted by atomic mass is 19.1. The van der Waals surface area contributed by atoms with Crippen molar-refractivity contribution in [2.75, 3.05) is 46.4 Å². The molecule has 0 spiro atoms. The molecule has 1 aromatic rings. The molecule has 2 unspecified atom stereocenters. The van der Waals surface area contributed by atoms with E-state index in [0.29, 0.717) is 43.9 Å². The molecule has 45 heavy (non-hydrogen) atoms. The molecule has 2 saturated heterocycles. The molecule has 10 heteroatoms. The van der Waals surface area contributed by atoms with Gasteiger partial charge in [0.25, 0.3) is 0 Å². The number of hydrogen-bond donors (Lipinski definition) is 0. The Labute approximate surface area is 263 Å². The summed E-state index contributed by atoms with van der Waals surface area (Å²) in [6.07, 6.45) is 8.40. The summed E-state index contributed by atoms with van der Waals surface area (Å²) >= 11 is 0. The molecule has 5 atom stereocenters. The number of piperazine rings is 1. The molecular weight excluding hydrogens is 574 g/mol. The van der Waals surface area contributed by atoms with Crippen molar-refractivity contribution in [3.8, 4) is 6.07 Å². The summed E-state index contributed by atoms with van der Waals surface area (Å²) in [5, 5.41) is 10.5. The zero-order chi connectivity index (χ0) is 31.7. The average molecular weight is 613 g/mol. The third-order valence-electron chi connectivity index (χ3n) is 9.80. The molecule has 0 N–H and O–H groups in total. The maximum Gasteiger partial charge on any atom is 0.246 e. The van der Waals surface area contributed by atoms with Crippen LogP contribution in [0.4, 0.5) is 8.78 Å². The largest absolute Gasteiger partial charge is 0.475 e. The summed E-state index contributed by atoms with van der Waals surface area (Å²) in [5.74, 6) is -1.15. The lowest BCUT2D eigenvalue weighted by molar-refractivity contribution is -0.130. The van der Waals surface area contributed by atoms with Crippen LogP contribution in [-0.4, -0.2) is 97.2 Å². The molecule has 2 fully saturated rings. The first-order valence-electron chi connectivity index (χ1n) is 15.7. The van der Waals surface area contributed by atoms with Crippen LogP contribution in [-0.2, 0) is 22.4 Å². The number of hydrogen-bond acceptors (Lipinski definition) is 6. The van der Waals surface area contributed by atoms with Crippen molar-refractivity contribution in [1.82, 2.24) is 14.7 Å². The molecule has 0 bridgehead atoms. The normalized spacial score (nSPS) is 28.2. The van der Waals surface area contributed by atoms with Gasteiger partial charge in [-0.2, -0.15) is 5.26 Å². The van der Waals surface area contributed by atoms with Crippen LogP contribution >= 0.6 is 0 Å². The van der Waals surface area contributed by atoms with Crippen LogP contribution < -0.4 is 0 Å². The molecule has 5 aliphatic rings.